The molecule has 0 aromatic rings. The van der Waals surface area contributed by atoms with Gasteiger partial charge in [0.2, 0.25) is 0 Å². The van der Waals surface area contributed by atoms with Crippen molar-refractivity contribution in [3.63, 3.8) is 0 Å². The third kappa shape index (κ3) is 1.66. The molecule has 1 fully saturated rings. The number of hydrogen-bond donors (Lipinski definition) is 0. The number of nitrogens with zero attached hydrogens (tertiary/aromatic N) is 1. The highest BCUT2D eigenvalue weighted by Crippen LogP contribution is 2.32. The highest BCUT2D eigenvalue weighted by atomic mass is 15.2. The van der Waals surface area contributed by atoms with Crippen molar-refractivity contribution in [2.75, 3.05) is 0 Å². The standard InChI is InChI=1S/C11H23N/c1-6-11-7-9(4)10(5)12(11)8(2)3/h8-11H,6-7H2,1-5H3/t9?,10?,11-/m1/s1. The lowest BCUT2D eigenvalue weighted by atomic mass is 10.0. The fourth-order valence-electron chi connectivity index (χ4n) is 2.64. The van der Waals surface area contributed by atoms with Crippen LogP contribution in [-0.2, 0) is 0 Å². The molecule has 1 heteroatoms. The molecule has 12 heavy (non-hydrogen) atoms. The fourth-order valence-corrected chi connectivity index (χ4v) is 2.64. The van der Waals surface area contributed by atoms with Crippen LogP contribution in [0.15, 0.2) is 0 Å². The van der Waals surface area contributed by atoms with E-state index in [1.807, 2.05) is 0 Å². The second kappa shape index (κ2) is 3.78. The van der Waals surface area contributed by atoms with E-state index in [0.717, 1.165) is 24.0 Å². The molecule has 1 saturated heterocycles. The Morgan fingerprint density at radius 2 is 1.92 bits per heavy atom. The third-order valence-electron chi connectivity index (χ3n) is 3.43. The summed E-state index contributed by atoms with van der Waals surface area (Å²) in [5.41, 5.74) is 0. The van der Waals surface area contributed by atoms with Crippen LogP contribution in [0.3, 0.4) is 0 Å². The lowest BCUT2D eigenvalue weighted by Gasteiger charge is -2.32. The molecule has 0 N–H and O–H groups in total. The van der Waals surface area contributed by atoms with Crippen LogP contribution in [0.4, 0.5) is 0 Å². The molecule has 0 amide bonds. The molecule has 1 rings (SSSR count). The second-order valence-corrected chi connectivity index (χ2v) is 4.56. The van der Waals surface area contributed by atoms with Crippen LogP contribution in [-0.4, -0.2) is 23.0 Å². The molecule has 0 radical (unpaired) electrons. The first-order chi connectivity index (χ1) is 5.57. The molecule has 2 unspecified atom stereocenters. The largest absolute Gasteiger partial charge is 0.295 e. The summed E-state index contributed by atoms with van der Waals surface area (Å²) in [5.74, 6) is 0.886. The molecule has 1 nitrogen and oxygen atoms in total. The SMILES string of the molecule is CC[C@@H]1CC(C)C(C)N1C(C)C. The molecule has 72 valence electrons. The fraction of sp³-hybridized carbons (Fsp3) is 1.00. The van der Waals surface area contributed by atoms with Gasteiger partial charge in [-0.25, -0.2) is 0 Å². The van der Waals surface area contributed by atoms with E-state index in [9.17, 15) is 0 Å². The number of likely N-dealkylation sites (tertiary alicyclic amines) is 1. The Kier molecular flexibility index (Phi) is 3.16. The van der Waals surface area contributed by atoms with Crippen LogP contribution in [0, 0.1) is 5.92 Å². The number of rotatable bonds is 2. The van der Waals surface area contributed by atoms with Crippen LogP contribution in [0.25, 0.3) is 0 Å². The van der Waals surface area contributed by atoms with Gasteiger partial charge in [0.05, 0.1) is 0 Å². The predicted molar refractivity (Wildman–Crippen MR) is 54.3 cm³/mol. The summed E-state index contributed by atoms with van der Waals surface area (Å²) in [6, 6.07) is 2.35. The molecule has 1 aliphatic rings. The molecule has 0 aromatic carbocycles. The zero-order chi connectivity index (χ0) is 9.30. The minimum atomic E-state index is 0.717. The molecule has 0 spiro atoms. The summed E-state index contributed by atoms with van der Waals surface area (Å²) in [4.78, 5) is 2.69. The average molecular weight is 169 g/mol. The maximum absolute atomic E-state index is 2.69. The lowest BCUT2D eigenvalue weighted by molar-refractivity contribution is 0.146. The predicted octanol–water partition coefficient (Wildman–Crippen LogP) is 2.90. The topological polar surface area (TPSA) is 3.24 Å². The van der Waals surface area contributed by atoms with Crippen molar-refractivity contribution >= 4 is 0 Å². The van der Waals surface area contributed by atoms with Crippen LogP contribution >= 0.6 is 0 Å². The summed E-state index contributed by atoms with van der Waals surface area (Å²) >= 11 is 0. The Labute approximate surface area is 77.1 Å². The maximum atomic E-state index is 2.69. The molecule has 1 heterocycles. The van der Waals surface area contributed by atoms with Gasteiger partial charge in [-0.05, 0) is 39.5 Å². The first kappa shape index (κ1) is 10.0. The van der Waals surface area contributed by atoms with Crippen LogP contribution in [0.1, 0.15) is 47.5 Å². The minimum Gasteiger partial charge on any atom is -0.295 e. The van der Waals surface area contributed by atoms with Crippen molar-refractivity contribution in [3.05, 3.63) is 0 Å². The van der Waals surface area contributed by atoms with Crippen LogP contribution in [0.5, 0.6) is 0 Å². The zero-order valence-corrected chi connectivity index (χ0v) is 9.17. The third-order valence-corrected chi connectivity index (χ3v) is 3.43. The van der Waals surface area contributed by atoms with Gasteiger partial charge in [-0.1, -0.05) is 13.8 Å². The van der Waals surface area contributed by atoms with Crippen molar-refractivity contribution in [2.45, 2.75) is 65.6 Å². The van der Waals surface area contributed by atoms with Crippen molar-refractivity contribution in [3.8, 4) is 0 Å². The van der Waals surface area contributed by atoms with Crippen LogP contribution in [0.2, 0.25) is 0 Å². The van der Waals surface area contributed by atoms with E-state index in [-0.39, 0.29) is 0 Å². The molecule has 0 aromatic heterocycles. The van der Waals surface area contributed by atoms with E-state index in [1.165, 1.54) is 12.8 Å². The molecule has 0 aliphatic carbocycles. The highest BCUT2D eigenvalue weighted by Gasteiger charge is 2.35. The molecule has 0 saturated carbocycles. The van der Waals surface area contributed by atoms with Gasteiger partial charge in [-0.3, -0.25) is 4.90 Å². The normalized spacial score (nSPS) is 38.0. The highest BCUT2D eigenvalue weighted by molar-refractivity contribution is 4.90. The summed E-state index contributed by atoms with van der Waals surface area (Å²) in [6.07, 6.45) is 2.71. The van der Waals surface area contributed by atoms with Gasteiger partial charge in [0.15, 0.2) is 0 Å². The minimum absolute atomic E-state index is 0.717. The molecule has 0 bridgehead atoms. The van der Waals surface area contributed by atoms with E-state index in [0.29, 0.717) is 0 Å². The Bertz CT molecular complexity index is 142. The van der Waals surface area contributed by atoms with Gasteiger partial charge < -0.3 is 0 Å². The summed E-state index contributed by atoms with van der Waals surface area (Å²) in [7, 11) is 0. The van der Waals surface area contributed by atoms with E-state index in [4.69, 9.17) is 0 Å². The molecular weight excluding hydrogens is 146 g/mol. The lowest BCUT2D eigenvalue weighted by Crippen LogP contribution is -2.40. The van der Waals surface area contributed by atoms with E-state index >= 15 is 0 Å². The van der Waals surface area contributed by atoms with E-state index in [1.54, 1.807) is 0 Å². The van der Waals surface area contributed by atoms with Gasteiger partial charge in [-0.2, -0.15) is 0 Å². The smallest absolute Gasteiger partial charge is 0.0101 e. The maximum Gasteiger partial charge on any atom is 0.0101 e. The molecular formula is C11H23N. The summed E-state index contributed by atoms with van der Waals surface area (Å²) in [6.45, 7) is 11.7. The van der Waals surface area contributed by atoms with Gasteiger partial charge in [0.25, 0.3) is 0 Å². The Morgan fingerprint density at radius 1 is 1.33 bits per heavy atom. The summed E-state index contributed by atoms with van der Waals surface area (Å²) < 4.78 is 0. The first-order valence-electron chi connectivity index (χ1n) is 5.35. The van der Waals surface area contributed by atoms with Crippen molar-refractivity contribution in [2.24, 2.45) is 5.92 Å². The quantitative estimate of drug-likeness (QED) is 0.614. The van der Waals surface area contributed by atoms with Crippen molar-refractivity contribution in [1.29, 1.82) is 0 Å². The Morgan fingerprint density at radius 3 is 2.25 bits per heavy atom. The van der Waals surface area contributed by atoms with Crippen LogP contribution < -0.4 is 0 Å². The van der Waals surface area contributed by atoms with Gasteiger partial charge >= 0.3 is 0 Å². The average Bonchev–Trinajstić information content (AvgIpc) is 2.28. The molecule has 3 atom stereocenters. The zero-order valence-electron chi connectivity index (χ0n) is 9.17. The van der Waals surface area contributed by atoms with E-state index in [2.05, 4.69) is 39.5 Å². The first-order valence-corrected chi connectivity index (χ1v) is 5.35. The van der Waals surface area contributed by atoms with E-state index < -0.39 is 0 Å². The molecule has 1 aliphatic heterocycles. The summed E-state index contributed by atoms with van der Waals surface area (Å²) in [5, 5.41) is 0. The Hall–Kier alpha value is -0.0400. The van der Waals surface area contributed by atoms with Gasteiger partial charge in [0.1, 0.15) is 0 Å². The van der Waals surface area contributed by atoms with Crippen molar-refractivity contribution < 1.29 is 0 Å². The monoisotopic (exact) mass is 169 g/mol. The second-order valence-electron chi connectivity index (χ2n) is 4.56. The Balaban J connectivity index is 2.66. The van der Waals surface area contributed by atoms with Crippen molar-refractivity contribution in [1.82, 2.24) is 4.90 Å². The number of hydrogen-bond acceptors (Lipinski definition) is 1. The van der Waals surface area contributed by atoms with Gasteiger partial charge in [-0.15, -0.1) is 0 Å². The van der Waals surface area contributed by atoms with Gasteiger partial charge in [0, 0.05) is 18.1 Å².